The molecule has 0 bridgehead atoms. The summed E-state index contributed by atoms with van der Waals surface area (Å²) in [7, 11) is 0. The second-order valence-corrected chi connectivity index (χ2v) is 7.89. The molecule has 0 radical (unpaired) electrons. The van der Waals surface area contributed by atoms with Gasteiger partial charge in [0.1, 0.15) is 11.5 Å². The molecular weight excluding hydrogens is 428 g/mol. The van der Waals surface area contributed by atoms with Gasteiger partial charge in [-0.15, -0.1) is 0 Å². The van der Waals surface area contributed by atoms with Gasteiger partial charge in [-0.3, -0.25) is 0 Å². The highest BCUT2D eigenvalue weighted by atomic mass is 35.5. The molecule has 0 aliphatic heterocycles. The van der Waals surface area contributed by atoms with Crippen molar-refractivity contribution < 1.29 is 10.2 Å². The number of hydrogen-bond donors (Lipinski definition) is 2. The van der Waals surface area contributed by atoms with Crippen molar-refractivity contribution in [2.45, 2.75) is 0 Å². The summed E-state index contributed by atoms with van der Waals surface area (Å²) in [6.45, 7) is 8.36. The zero-order chi connectivity index (χ0) is 23.4. The van der Waals surface area contributed by atoms with E-state index in [1.807, 2.05) is 84.9 Å². The average molecular weight is 451 g/mol. The van der Waals surface area contributed by atoms with Crippen molar-refractivity contribution in [1.29, 1.82) is 0 Å². The van der Waals surface area contributed by atoms with Crippen LogP contribution < -0.4 is 0 Å². The molecule has 0 unspecified atom stereocenters. The van der Waals surface area contributed by atoms with Crippen LogP contribution in [0.1, 0.15) is 33.4 Å². The van der Waals surface area contributed by atoms with E-state index in [1.54, 1.807) is 12.1 Å². The van der Waals surface area contributed by atoms with Crippen LogP contribution in [0.3, 0.4) is 0 Å². The topological polar surface area (TPSA) is 40.5 Å². The number of benzene rings is 4. The summed E-state index contributed by atoms with van der Waals surface area (Å²) >= 11 is 6.28. The fraction of sp³-hybridized carbons (Fsp3) is 0. The van der Waals surface area contributed by atoms with Crippen LogP contribution in [0.5, 0.6) is 11.5 Å². The molecule has 0 spiro atoms. The minimum Gasteiger partial charge on any atom is -0.507 e. The highest BCUT2D eigenvalue weighted by molar-refractivity contribution is 6.29. The summed E-state index contributed by atoms with van der Waals surface area (Å²) in [5.74, 6) is 0.288. The molecule has 3 heteroatoms. The Morgan fingerprint density at radius 1 is 0.576 bits per heavy atom. The molecule has 4 rings (SSSR count). The van der Waals surface area contributed by atoms with Crippen LogP contribution in [0, 0.1) is 0 Å². The lowest BCUT2D eigenvalue weighted by molar-refractivity contribution is 0.473. The molecule has 0 fully saturated rings. The molecule has 0 heterocycles. The van der Waals surface area contributed by atoms with Crippen LogP contribution in [-0.4, -0.2) is 10.2 Å². The number of hydrogen-bond acceptors (Lipinski definition) is 2. The molecule has 0 aliphatic rings. The van der Waals surface area contributed by atoms with E-state index < -0.39 is 0 Å². The average Bonchev–Trinajstić information content (AvgIpc) is 2.86. The first-order valence-corrected chi connectivity index (χ1v) is 10.9. The van der Waals surface area contributed by atoms with Gasteiger partial charge in [0.05, 0.1) is 0 Å². The third-order valence-corrected chi connectivity index (χ3v) is 5.84. The van der Waals surface area contributed by atoms with E-state index in [0.29, 0.717) is 22.3 Å². The fourth-order valence-corrected chi connectivity index (χ4v) is 4.02. The van der Waals surface area contributed by atoms with Gasteiger partial charge in [-0.05, 0) is 57.7 Å². The maximum absolute atomic E-state index is 10.5. The number of phenolic OH excluding ortho intramolecular Hbond substituents is 2. The number of aromatic hydroxyl groups is 2. The largest absolute Gasteiger partial charge is 0.507 e. The second-order valence-electron chi connectivity index (χ2n) is 7.68. The van der Waals surface area contributed by atoms with Gasteiger partial charge in [0, 0.05) is 22.2 Å². The van der Waals surface area contributed by atoms with E-state index in [0.717, 1.165) is 27.8 Å². The lowest BCUT2D eigenvalue weighted by Crippen LogP contribution is -1.94. The molecule has 33 heavy (non-hydrogen) atoms. The summed E-state index contributed by atoms with van der Waals surface area (Å²) in [4.78, 5) is 0. The van der Waals surface area contributed by atoms with Crippen molar-refractivity contribution in [3.8, 4) is 11.5 Å². The Bertz CT molecular complexity index is 1250. The highest BCUT2D eigenvalue weighted by Gasteiger charge is 2.15. The van der Waals surface area contributed by atoms with E-state index in [4.69, 9.17) is 11.6 Å². The maximum Gasteiger partial charge on any atom is 0.123 e. The normalized spacial score (nSPS) is 10.5. The van der Waals surface area contributed by atoms with Gasteiger partial charge >= 0.3 is 0 Å². The molecule has 4 aromatic rings. The van der Waals surface area contributed by atoms with Crippen LogP contribution in [0.4, 0.5) is 0 Å². The van der Waals surface area contributed by atoms with Gasteiger partial charge < -0.3 is 10.2 Å². The molecular formula is C30H23ClO2. The minimum absolute atomic E-state index is 0.144. The van der Waals surface area contributed by atoms with Crippen LogP contribution in [-0.2, 0) is 0 Å². The molecule has 0 saturated heterocycles. The predicted molar refractivity (Wildman–Crippen MR) is 138 cm³/mol. The lowest BCUT2D eigenvalue weighted by Gasteiger charge is -2.15. The van der Waals surface area contributed by atoms with Crippen molar-refractivity contribution in [3.05, 3.63) is 149 Å². The summed E-state index contributed by atoms with van der Waals surface area (Å²) < 4.78 is 0. The molecule has 0 atom stereocenters. The molecule has 0 amide bonds. The molecule has 0 aliphatic carbocycles. The first-order chi connectivity index (χ1) is 16.0. The van der Waals surface area contributed by atoms with Crippen molar-refractivity contribution >= 4 is 28.3 Å². The summed E-state index contributed by atoms with van der Waals surface area (Å²) in [6.07, 6.45) is 0. The lowest BCUT2D eigenvalue weighted by atomic mass is 9.91. The fourth-order valence-electron chi connectivity index (χ4n) is 3.77. The van der Waals surface area contributed by atoms with E-state index in [1.165, 1.54) is 5.54 Å². The smallest absolute Gasteiger partial charge is 0.123 e. The summed E-state index contributed by atoms with van der Waals surface area (Å²) in [5, 5.41) is 21.0. The zero-order valence-electron chi connectivity index (χ0n) is 18.0. The van der Waals surface area contributed by atoms with Crippen LogP contribution in [0.25, 0.3) is 16.7 Å². The van der Waals surface area contributed by atoms with Gasteiger partial charge in [0.15, 0.2) is 0 Å². The minimum atomic E-state index is 0.144. The molecule has 4 aromatic carbocycles. The maximum atomic E-state index is 10.5. The molecule has 0 aromatic heterocycles. The van der Waals surface area contributed by atoms with E-state index in [-0.39, 0.29) is 11.5 Å². The monoisotopic (exact) mass is 450 g/mol. The van der Waals surface area contributed by atoms with E-state index >= 15 is 0 Å². The van der Waals surface area contributed by atoms with Crippen LogP contribution in [0.15, 0.2) is 116 Å². The van der Waals surface area contributed by atoms with Gasteiger partial charge in [-0.2, -0.15) is 0 Å². The number of phenols is 2. The van der Waals surface area contributed by atoms with Gasteiger partial charge in [0.2, 0.25) is 0 Å². The molecule has 0 saturated carbocycles. The summed E-state index contributed by atoms with van der Waals surface area (Å²) in [5.41, 5.74) is 8.42. The molecule has 162 valence electrons. The SMILES string of the molecule is C=C(c1ccccc1)c1cc(C(=CCl)c2ccc(O)c(C(=C)c3ccccc3)c2)ccc1O. The first kappa shape index (κ1) is 22.2. The third kappa shape index (κ3) is 4.62. The van der Waals surface area contributed by atoms with Crippen molar-refractivity contribution in [2.24, 2.45) is 0 Å². The van der Waals surface area contributed by atoms with Crippen molar-refractivity contribution in [3.63, 3.8) is 0 Å². The van der Waals surface area contributed by atoms with Crippen LogP contribution >= 0.6 is 11.6 Å². The van der Waals surface area contributed by atoms with Gasteiger partial charge in [-0.25, -0.2) is 0 Å². The Balaban J connectivity index is 1.74. The van der Waals surface area contributed by atoms with Crippen molar-refractivity contribution in [2.75, 3.05) is 0 Å². The Hall–Kier alpha value is -4.01. The Morgan fingerprint density at radius 3 is 1.33 bits per heavy atom. The molecule has 2 N–H and O–H groups in total. The first-order valence-electron chi connectivity index (χ1n) is 10.5. The Labute approximate surface area is 199 Å². The van der Waals surface area contributed by atoms with Gasteiger partial charge in [-0.1, -0.05) is 97.6 Å². The second kappa shape index (κ2) is 9.64. The summed E-state index contributed by atoms with van der Waals surface area (Å²) in [6, 6.07) is 30.1. The quantitative estimate of drug-likeness (QED) is 0.314. The van der Waals surface area contributed by atoms with E-state index in [9.17, 15) is 10.2 Å². The van der Waals surface area contributed by atoms with Gasteiger partial charge in [0.25, 0.3) is 0 Å². The number of rotatable bonds is 6. The van der Waals surface area contributed by atoms with Crippen LogP contribution in [0.2, 0.25) is 0 Å². The Kier molecular flexibility index (Phi) is 6.48. The third-order valence-electron chi connectivity index (χ3n) is 5.62. The highest BCUT2D eigenvalue weighted by Crippen LogP contribution is 2.36. The standard InChI is InChI=1S/C30H23ClO2/c1-20(22-9-5-3-6-10-22)26-17-24(13-15-29(26)32)28(19-31)25-14-16-30(33)27(18-25)21(2)23-11-7-4-8-12-23/h3-19,32-33H,1-2H2. The van der Waals surface area contributed by atoms with Crippen molar-refractivity contribution in [1.82, 2.24) is 0 Å². The molecule has 2 nitrogen and oxygen atoms in total. The predicted octanol–water partition coefficient (Wildman–Crippen LogP) is 7.85. The van der Waals surface area contributed by atoms with E-state index in [2.05, 4.69) is 13.2 Å². The Morgan fingerprint density at radius 2 is 0.970 bits per heavy atom. The zero-order valence-corrected chi connectivity index (χ0v) is 18.8. The number of halogens is 1.